The van der Waals surface area contributed by atoms with Crippen LogP contribution in [0.2, 0.25) is 0 Å². The Morgan fingerprint density at radius 1 is 1.29 bits per heavy atom. The van der Waals surface area contributed by atoms with Crippen molar-refractivity contribution >= 4 is 12.0 Å². The number of hydrogen-bond donors (Lipinski definition) is 3. The fourth-order valence-corrected chi connectivity index (χ4v) is 0.957. The second-order valence-corrected chi connectivity index (χ2v) is 3.32. The third-order valence-corrected chi connectivity index (χ3v) is 1.84. The summed E-state index contributed by atoms with van der Waals surface area (Å²) in [6, 6.07) is -3.17. The fourth-order valence-electron chi connectivity index (χ4n) is 0.957. The zero-order chi connectivity index (χ0) is 14.0. The van der Waals surface area contributed by atoms with Gasteiger partial charge in [-0.1, -0.05) is 0 Å². The first kappa shape index (κ1) is 15.8. The Bertz CT molecular complexity index is 318. The lowest BCUT2D eigenvalue weighted by molar-refractivity contribution is -0.324. The molecule has 0 unspecified atom stereocenters. The molecule has 0 amide bonds. The van der Waals surface area contributed by atoms with E-state index in [9.17, 15) is 22.8 Å². The van der Waals surface area contributed by atoms with E-state index in [1.165, 1.54) is 0 Å². The lowest BCUT2D eigenvalue weighted by Crippen LogP contribution is -2.63. The first-order chi connectivity index (χ1) is 7.46. The summed E-state index contributed by atoms with van der Waals surface area (Å²) < 4.78 is 42.7. The number of aliphatic hydroxyl groups is 3. The molecule has 4 atom stereocenters. The standard InChI is InChI=1S/C8H11F3O6/c1-3(12)5(14)7(10,16)8(11,6(9)15)17-4(2)13/h3,5,12,14,16H,1-2H3/t3-,5+,7+,8+/m1/s1. The second-order valence-electron chi connectivity index (χ2n) is 3.32. The van der Waals surface area contributed by atoms with E-state index in [4.69, 9.17) is 15.3 Å². The minimum Gasteiger partial charge on any atom is -0.414 e. The monoisotopic (exact) mass is 260 g/mol. The highest BCUT2D eigenvalue weighted by atomic mass is 19.2. The summed E-state index contributed by atoms with van der Waals surface area (Å²) in [4.78, 5) is 20.7. The first-order valence-corrected chi connectivity index (χ1v) is 4.32. The molecule has 0 aromatic carbocycles. The van der Waals surface area contributed by atoms with Gasteiger partial charge in [0.05, 0.1) is 6.10 Å². The first-order valence-electron chi connectivity index (χ1n) is 4.32. The Hall–Kier alpha value is -1.19. The van der Waals surface area contributed by atoms with Crippen molar-refractivity contribution in [3.8, 4) is 0 Å². The normalized spacial score (nSPS) is 21.9. The lowest BCUT2D eigenvalue weighted by atomic mass is 9.99. The molecule has 0 aliphatic rings. The van der Waals surface area contributed by atoms with Crippen LogP contribution in [0, 0.1) is 0 Å². The molecule has 0 aliphatic carbocycles. The summed E-state index contributed by atoms with van der Waals surface area (Å²) in [5, 5.41) is 26.6. The number of carbonyl (C=O) groups excluding carboxylic acids is 2. The Labute approximate surface area is 93.6 Å². The van der Waals surface area contributed by atoms with Crippen molar-refractivity contribution in [3.05, 3.63) is 0 Å². The number of hydrogen-bond acceptors (Lipinski definition) is 6. The molecule has 17 heavy (non-hydrogen) atoms. The van der Waals surface area contributed by atoms with Gasteiger partial charge in [-0.05, 0) is 6.92 Å². The predicted molar refractivity (Wildman–Crippen MR) is 45.5 cm³/mol. The van der Waals surface area contributed by atoms with Crippen LogP contribution in [0.1, 0.15) is 13.8 Å². The van der Waals surface area contributed by atoms with Crippen LogP contribution in [0.5, 0.6) is 0 Å². The van der Waals surface area contributed by atoms with E-state index in [-0.39, 0.29) is 0 Å². The molecular formula is C8H11F3O6. The maximum atomic E-state index is 13.5. The molecule has 3 N–H and O–H groups in total. The molecule has 9 heteroatoms. The molecule has 0 fully saturated rings. The molecule has 100 valence electrons. The molecule has 0 aromatic rings. The highest BCUT2D eigenvalue weighted by molar-refractivity contribution is 5.81. The van der Waals surface area contributed by atoms with Crippen LogP contribution < -0.4 is 0 Å². The van der Waals surface area contributed by atoms with E-state index >= 15 is 0 Å². The Balaban J connectivity index is 5.45. The van der Waals surface area contributed by atoms with Crippen molar-refractivity contribution in [2.75, 3.05) is 0 Å². The minimum absolute atomic E-state index is 0.516. The summed E-state index contributed by atoms with van der Waals surface area (Å²) in [5.74, 6) is -11.0. The molecule has 0 spiro atoms. The number of halogens is 3. The fraction of sp³-hybridized carbons (Fsp3) is 0.750. The van der Waals surface area contributed by atoms with E-state index in [1.807, 2.05) is 0 Å². The van der Waals surface area contributed by atoms with Crippen molar-refractivity contribution < 1.29 is 42.8 Å². The van der Waals surface area contributed by atoms with Gasteiger partial charge in [-0.25, -0.2) is 4.39 Å². The van der Waals surface area contributed by atoms with Crippen LogP contribution in [-0.4, -0.2) is 51.2 Å². The zero-order valence-electron chi connectivity index (χ0n) is 8.85. The van der Waals surface area contributed by atoms with Crippen molar-refractivity contribution in [3.63, 3.8) is 0 Å². The van der Waals surface area contributed by atoms with Crippen LogP contribution in [0.4, 0.5) is 13.2 Å². The highest BCUT2D eigenvalue weighted by Crippen LogP contribution is 2.35. The van der Waals surface area contributed by atoms with Gasteiger partial charge in [-0.2, -0.15) is 8.78 Å². The average molecular weight is 260 g/mol. The number of carbonyl (C=O) groups is 2. The summed E-state index contributed by atoms with van der Waals surface area (Å²) in [6.45, 7) is 1.24. The van der Waals surface area contributed by atoms with Gasteiger partial charge >= 0.3 is 23.7 Å². The largest absolute Gasteiger partial charge is 0.414 e. The van der Waals surface area contributed by atoms with Gasteiger partial charge in [0.25, 0.3) is 0 Å². The maximum absolute atomic E-state index is 13.5. The van der Waals surface area contributed by atoms with Gasteiger partial charge < -0.3 is 20.1 Å². The van der Waals surface area contributed by atoms with E-state index in [1.54, 1.807) is 0 Å². The molecule has 0 bridgehead atoms. The van der Waals surface area contributed by atoms with Gasteiger partial charge in [0.15, 0.2) is 0 Å². The smallest absolute Gasteiger partial charge is 0.402 e. The van der Waals surface area contributed by atoms with Gasteiger partial charge in [0, 0.05) is 6.92 Å². The van der Waals surface area contributed by atoms with Crippen LogP contribution in [0.25, 0.3) is 0 Å². The van der Waals surface area contributed by atoms with Crippen LogP contribution in [-0.2, 0) is 14.3 Å². The summed E-state index contributed by atoms with van der Waals surface area (Å²) in [5.41, 5.74) is 0. The van der Waals surface area contributed by atoms with Gasteiger partial charge in [0.1, 0.15) is 6.10 Å². The molecule has 0 rings (SSSR count). The molecule has 0 radical (unpaired) electrons. The Kier molecular flexibility index (Phi) is 4.63. The molecule has 0 aromatic heterocycles. The topological polar surface area (TPSA) is 104 Å². The summed E-state index contributed by atoms with van der Waals surface area (Å²) in [7, 11) is 0. The van der Waals surface area contributed by atoms with Crippen molar-refractivity contribution in [2.24, 2.45) is 0 Å². The van der Waals surface area contributed by atoms with Crippen LogP contribution >= 0.6 is 0 Å². The third kappa shape index (κ3) is 2.93. The zero-order valence-corrected chi connectivity index (χ0v) is 8.85. The molecule has 0 aliphatic heterocycles. The quantitative estimate of drug-likeness (QED) is 0.437. The van der Waals surface area contributed by atoms with Crippen LogP contribution in [0.15, 0.2) is 0 Å². The van der Waals surface area contributed by atoms with Crippen molar-refractivity contribution in [2.45, 2.75) is 37.8 Å². The number of rotatable bonds is 5. The van der Waals surface area contributed by atoms with Gasteiger partial charge in [0.2, 0.25) is 0 Å². The maximum Gasteiger partial charge on any atom is 0.402 e. The SMILES string of the molecule is CC(=O)O[C@@](F)(C(=O)F)[C@](O)(F)[C@@H](O)[C@@H](C)O. The van der Waals surface area contributed by atoms with Gasteiger partial charge in [-0.3, -0.25) is 9.59 Å². The van der Waals surface area contributed by atoms with Crippen molar-refractivity contribution in [1.82, 2.24) is 0 Å². The Morgan fingerprint density at radius 2 is 1.71 bits per heavy atom. The molecule has 0 heterocycles. The summed E-state index contributed by atoms with van der Waals surface area (Å²) in [6.07, 6.45) is -4.97. The van der Waals surface area contributed by atoms with Crippen molar-refractivity contribution in [1.29, 1.82) is 0 Å². The third-order valence-electron chi connectivity index (χ3n) is 1.84. The van der Waals surface area contributed by atoms with E-state index in [0.29, 0.717) is 6.92 Å². The van der Waals surface area contributed by atoms with E-state index in [0.717, 1.165) is 6.92 Å². The number of ether oxygens (including phenoxy) is 1. The number of aliphatic hydroxyl groups excluding tert-OH is 2. The summed E-state index contributed by atoms with van der Waals surface area (Å²) >= 11 is 0. The Morgan fingerprint density at radius 3 is 1.94 bits per heavy atom. The molecule has 6 nitrogen and oxygen atoms in total. The molecule has 0 saturated carbocycles. The number of esters is 1. The van der Waals surface area contributed by atoms with Crippen LogP contribution in [0.3, 0.4) is 0 Å². The van der Waals surface area contributed by atoms with E-state index in [2.05, 4.69) is 4.74 Å². The molecular weight excluding hydrogens is 249 g/mol. The van der Waals surface area contributed by atoms with Gasteiger partial charge in [-0.15, -0.1) is 0 Å². The lowest BCUT2D eigenvalue weighted by Gasteiger charge is -2.34. The highest BCUT2D eigenvalue weighted by Gasteiger charge is 2.67. The average Bonchev–Trinajstić information content (AvgIpc) is 2.14. The minimum atomic E-state index is -4.75. The molecule has 0 saturated heterocycles. The predicted octanol–water partition coefficient (Wildman–Crippen LogP) is -0.889. The second kappa shape index (κ2) is 4.98. The number of alkyl halides is 2. The van der Waals surface area contributed by atoms with E-state index < -0.39 is 35.9 Å².